The van der Waals surface area contributed by atoms with Crippen LogP contribution >= 0.6 is 24.0 Å². The van der Waals surface area contributed by atoms with Crippen LogP contribution in [0.2, 0.25) is 0 Å². The summed E-state index contributed by atoms with van der Waals surface area (Å²) in [6.45, 7) is 6.31. The van der Waals surface area contributed by atoms with Crippen molar-refractivity contribution in [3.8, 4) is 0 Å². The van der Waals surface area contributed by atoms with Crippen molar-refractivity contribution in [2.45, 2.75) is 63.9 Å². The van der Waals surface area contributed by atoms with Gasteiger partial charge in [0.05, 0.1) is 12.1 Å². The molecule has 0 aromatic carbocycles. The highest BCUT2D eigenvalue weighted by atomic mass is 127. The molecule has 142 valence electrons. The normalized spacial score (nSPS) is 21.9. The minimum Gasteiger partial charge on any atom is -0.388 e. The van der Waals surface area contributed by atoms with Gasteiger partial charge in [-0.3, -0.25) is 4.99 Å². The number of aliphatic imine (C=N–C) groups is 1. The van der Waals surface area contributed by atoms with Gasteiger partial charge in [0.2, 0.25) is 0 Å². The molecule has 0 spiro atoms. The van der Waals surface area contributed by atoms with Crippen LogP contribution in [0.4, 0.5) is 0 Å². The van der Waals surface area contributed by atoms with Crippen LogP contribution in [0, 0.1) is 5.92 Å². The predicted octanol–water partition coefficient (Wildman–Crippen LogP) is 3.01. The van der Waals surface area contributed by atoms with Crippen LogP contribution in [0.5, 0.6) is 0 Å². The van der Waals surface area contributed by atoms with Gasteiger partial charge in [-0.2, -0.15) is 0 Å². The maximum atomic E-state index is 10.6. The van der Waals surface area contributed by atoms with Gasteiger partial charge in [-0.05, 0) is 44.9 Å². The smallest absolute Gasteiger partial charge is 0.193 e. The second-order valence-corrected chi connectivity index (χ2v) is 7.22. The molecule has 2 rings (SSSR count). The molecule has 0 unspecified atom stereocenters. The Morgan fingerprint density at radius 3 is 2.54 bits per heavy atom. The third kappa shape index (κ3) is 7.44. The summed E-state index contributed by atoms with van der Waals surface area (Å²) >= 11 is 0. The summed E-state index contributed by atoms with van der Waals surface area (Å²) in [5, 5.41) is 14.0. The highest BCUT2D eigenvalue weighted by Gasteiger charge is 2.29. The van der Waals surface area contributed by atoms with E-state index in [2.05, 4.69) is 24.2 Å². The lowest BCUT2D eigenvalue weighted by molar-refractivity contribution is 0.0130. The fourth-order valence-electron chi connectivity index (χ4n) is 3.58. The van der Waals surface area contributed by atoms with Crippen molar-refractivity contribution in [2.75, 3.05) is 39.9 Å². The monoisotopic (exact) mass is 453 g/mol. The van der Waals surface area contributed by atoms with E-state index in [-0.39, 0.29) is 24.0 Å². The molecule has 2 aliphatic rings. The fourth-order valence-corrected chi connectivity index (χ4v) is 3.58. The molecule has 0 radical (unpaired) electrons. The third-order valence-corrected chi connectivity index (χ3v) is 5.22. The second kappa shape index (κ2) is 11.5. The lowest BCUT2D eigenvalue weighted by Gasteiger charge is -2.31. The first-order chi connectivity index (χ1) is 11.1. The van der Waals surface area contributed by atoms with Crippen molar-refractivity contribution in [2.24, 2.45) is 10.9 Å². The first kappa shape index (κ1) is 22.0. The zero-order valence-corrected chi connectivity index (χ0v) is 17.8. The van der Waals surface area contributed by atoms with Gasteiger partial charge in [-0.1, -0.05) is 19.3 Å². The number of ether oxygens (including phenoxy) is 1. The number of nitrogens with zero attached hydrogens (tertiary/aromatic N) is 2. The molecule has 0 aromatic rings. The van der Waals surface area contributed by atoms with E-state index in [0.717, 1.165) is 63.9 Å². The molecule has 1 heterocycles. The molecule has 6 heteroatoms. The molecule has 1 aliphatic carbocycles. The molecule has 0 bridgehead atoms. The van der Waals surface area contributed by atoms with Gasteiger partial charge in [-0.25, -0.2) is 0 Å². The number of guanidine groups is 1. The van der Waals surface area contributed by atoms with E-state index < -0.39 is 5.60 Å². The summed E-state index contributed by atoms with van der Waals surface area (Å²) in [4.78, 5) is 6.94. The van der Waals surface area contributed by atoms with Crippen LogP contribution in [0.1, 0.15) is 58.3 Å². The Bertz CT molecular complexity index is 367. The van der Waals surface area contributed by atoms with Crippen molar-refractivity contribution < 1.29 is 9.84 Å². The number of halogens is 1. The Morgan fingerprint density at radius 1 is 1.25 bits per heavy atom. The molecular weight excluding hydrogens is 417 g/mol. The van der Waals surface area contributed by atoms with Crippen molar-refractivity contribution in [1.82, 2.24) is 10.2 Å². The quantitative estimate of drug-likeness (QED) is 0.369. The first-order valence-corrected chi connectivity index (χ1v) is 9.42. The van der Waals surface area contributed by atoms with E-state index in [9.17, 15) is 5.11 Å². The van der Waals surface area contributed by atoms with Crippen LogP contribution in [0.15, 0.2) is 4.99 Å². The average molecular weight is 453 g/mol. The molecule has 0 amide bonds. The Balaban J connectivity index is 0.00000288. The number of hydrogen-bond acceptors (Lipinski definition) is 3. The van der Waals surface area contributed by atoms with Gasteiger partial charge in [0.1, 0.15) is 0 Å². The van der Waals surface area contributed by atoms with E-state index in [1.54, 1.807) is 0 Å². The first-order valence-electron chi connectivity index (χ1n) is 9.42. The van der Waals surface area contributed by atoms with Gasteiger partial charge >= 0.3 is 0 Å². The highest BCUT2D eigenvalue weighted by molar-refractivity contribution is 14.0. The molecule has 0 atom stereocenters. The summed E-state index contributed by atoms with van der Waals surface area (Å²) < 4.78 is 5.43. The van der Waals surface area contributed by atoms with Crippen LogP contribution in [-0.2, 0) is 4.74 Å². The highest BCUT2D eigenvalue weighted by Crippen LogP contribution is 2.28. The number of hydrogen-bond donors (Lipinski definition) is 2. The summed E-state index contributed by atoms with van der Waals surface area (Å²) in [5.41, 5.74) is -0.583. The van der Waals surface area contributed by atoms with E-state index in [4.69, 9.17) is 9.73 Å². The van der Waals surface area contributed by atoms with Gasteiger partial charge in [0, 0.05) is 33.4 Å². The predicted molar refractivity (Wildman–Crippen MR) is 110 cm³/mol. The molecule has 1 saturated carbocycles. The van der Waals surface area contributed by atoms with E-state index in [1.165, 1.54) is 25.7 Å². The van der Waals surface area contributed by atoms with Crippen LogP contribution in [-0.4, -0.2) is 61.5 Å². The molecule has 1 aliphatic heterocycles. The third-order valence-electron chi connectivity index (χ3n) is 5.22. The topological polar surface area (TPSA) is 57.1 Å². The van der Waals surface area contributed by atoms with Gasteiger partial charge in [0.15, 0.2) is 5.96 Å². The zero-order chi connectivity index (χ0) is 16.5. The molecule has 0 aromatic heterocycles. The van der Waals surface area contributed by atoms with Gasteiger partial charge in [0.25, 0.3) is 0 Å². The summed E-state index contributed by atoms with van der Waals surface area (Å²) in [7, 11) is 2.10. The van der Waals surface area contributed by atoms with Crippen molar-refractivity contribution in [3.05, 3.63) is 0 Å². The van der Waals surface area contributed by atoms with Crippen LogP contribution in [0.25, 0.3) is 0 Å². The SMILES string of the molecule is CCNC(=NCC1(O)CCCCC1)N(C)CCC1CCOCC1.I. The van der Waals surface area contributed by atoms with Gasteiger partial charge in [-0.15, -0.1) is 24.0 Å². The summed E-state index contributed by atoms with van der Waals surface area (Å²) in [6.07, 6.45) is 8.84. The minimum atomic E-state index is -0.583. The Morgan fingerprint density at radius 2 is 1.92 bits per heavy atom. The molecular formula is C18H36IN3O2. The van der Waals surface area contributed by atoms with Crippen LogP contribution in [0.3, 0.4) is 0 Å². The molecule has 2 N–H and O–H groups in total. The number of aliphatic hydroxyl groups is 1. The molecule has 2 fully saturated rings. The molecule has 1 saturated heterocycles. The van der Waals surface area contributed by atoms with Crippen molar-refractivity contribution in [1.29, 1.82) is 0 Å². The fraction of sp³-hybridized carbons (Fsp3) is 0.944. The van der Waals surface area contributed by atoms with Crippen LogP contribution < -0.4 is 5.32 Å². The molecule has 24 heavy (non-hydrogen) atoms. The number of nitrogens with one attached hydrogen (secondary N) is 1. The Hall–Kier alpha value is -0.0800. The summed E-state index contributed by atoms with van der Waals surface area (Å²) in [6, 6.07) is 0. The zero-order valence-electron chi connectivity index (χ0n) is 15.4. The maximum Gasteiger partial charge on any atom is 0.193 e. The second-order valence-electron chi connectivity index (χ2n) is 7.22. The van der Waals surface area contributed by atoms with E-state index in [0.29, 0.717) is 6.54 Å². The number of rotatable bonds is 6. The lowest BCUT2D eigenvalue weighted by Crippen LogP contribution is -2.42. The Kier molecular flexibility index (Phi) is 10.5. The van der Waals surface area contributed by atoms with E-state index in [1.807, 2.05) is 0 Å². The van der Waals surface area contributed by atoms with Gasteiger partial charge < -0.3 is 20.1 Å². The van der Waals surface area contributed by atoms with Crippen molar-refractivity contribution >= 4 is 29.9 Å². The molecule has 5 nitrogen and oxygen atoms in total. The lowest BCUT2D eigenvalue weighted by atomic mass is 9.85. The average Bonchev–Trinajstić information content (AvgIpc) is 2.58. The minimum absolute atomic E-state index is 0. The summed E-state index contributed by atoms with van der Waals surface area (Å²) in [5.74, 6) is 1.70. The standard InChI is InChI=1S/C18H35N3O2.HI/c1-3-19-17(20-15-18(22)10-5-4-6-11-18)21(2)12-7-16-8-13-23-14-9-16;/h16,22H,3-15H2,1-2H3,(H,19,20);1H. The van der Waals surface area contributed by atoms with E-state index >= 15 is 0 Å². The Labute approximate surface area is 164 Å². The van der Waals surface area contributed by atoms with Crippen molar-refractivity contribution in [3.63, 3.8) is 0 Å². The largest absolute Gasteiger partial charge is 0.388 e. The maximum absolute atomic E-state index is 10.6.